The molecular weight excluding hydrogens is 202 g/mol. The number of nitriles is 1. The Bertz CT molecular complexity index is 285. The first-order valence-electron chi connectivity index (χ1n) is 5.93. The molecule has 0 atom stereocenters. The van der Waals surface area contributed by atoms with Gasteiger partial charge in [-0.1, -0.05) is 13.3 Å². The van der Waals surface area contributed by atoms with E-state index in [1.54, 1.807) is 14.1 Å². The molecule has 0 aromatic heterocycles. The summed E-state index contributed by atoms with van der Waals surface area (Å²) in [4.78, 5) is 13.1. The van der Waals surface area contributed by atoms with E-state index in [-0.39, 0.29) is 6.03 Å². The standard InChI is InChI=1S/C12H21N3O/c1-4-10-5-7-12(9-13,8-6-10)14-11(16)15(2)3/h10H,4-8H2,1-3H3,(H,14,16). The molecule has 16 heavy (non-hydrogen) atoms. The zero-order valence-corrected chi connectivity index (χ0v) is 10.4. The van der Waals surface area contributed by atoms with E-state index in [2.05, 4.69) is 18.3 Å². The van der Waals surface area contributed by atoms with Crippen molar-refractivity contribution in [3.8, 4) is 6.07 Å². The zero-order valence-electron chi connectivity index (χ0n) is 10.4. The summed E-state index contributed by atoms with van der Waals surface area (Å²) in [5, 5.41) is 12.1. The first-order chi connectivity index (χ1) is 7.53. The van der Waals surface area contributed by atoms with Gasteiger partial charge in [-0.2, -0.15) is 5.26 Å². The van der Waals surface area contributed by atoms with Crippen LogP contribution in [0.3, 0.4) is 0 Å². The van der Waals surface area contributed by atoms with Crippen molar-refractivity contribution in [2.24, 2.45) is 5.92 Å². The van der Waals surface area contributed by atoms with Gasteiger partial charge in [-0.3, -0.25) is 0 Å². The molecule has 0 bridgehead atoms. The van der Waals surface area contributed by atoms with Crippen LogP contribution < -0.4 is 5.32 Å². The minimum Gasteiger partial charge on any atom is -0.331 e. The molecule has 1 aliphatic carbocycles. The molecule has 0 saturated heterocycles. The molecular formula is C12H21N3O. The van der Waals surface area contributed by atoms with E-state index in [1.165, 1.54) is 11.3 Å². The van der Waals surface area contributed by atoms with Gasteiger partial charge in [0.05, 0.1) is 6.07 Å². The maximum absolute atomic E-state index is 11.6. The average molecular weight is 223 g/mol. The summed E-state index contributed by atoms with van der Waals surface area (Å²) >= 11 is 0. The second-order valence-corrected chi connectivity index (χ2v) is 4.87. The van der Waals surface area contributed by atoms with Crippen LogP contribution in [0.2, 0.25) is 0 Å². The zero-order chi connectivity index (χ0) is 12.2. The van der Waals surface area contributed by atoms with E-state index in [0.29, 0.717) is 0 Å². The topological polar surface area (TPSA) is 56.1 Å². The highest BCUT2D eigenvalue weighted by Crippen LogP contribution is 2.33. The number of rotatable bonds is 2. The van der Waals surface area contributed by atoms with E-state index in [9.17, 15) is 10.1 Å². The summed E-state index contributed by atoms with van der Waals surface area (Å²) in [6.07, 6.45) is 4.81. The summed E-state index contributed by atoms with van der Waals surface area (Å²) in [5.74, 6) is 0.720. The number of carbonyl (C=O) groups is 1. The monoisotopic (exact) mass is 223 g/mol. The quantitative estimate of drug-likeness (QED) is 0.779. The van der Waals surface area contributed by atoms with Gasteiger partial charge >= 0.3 is 6.03 Å². The smallest absolute Gasteiger partial charge is 0.318 e. The third-order valence-corrected chi connectivity index (χ3v) is 3.50. The minimum atomic E-state index is -0.632. The van der Waals surface area contributed by atoms with Crippen molar-refractivity contribution in [2.45, 2.75) is 44.6 Å². The summed E-state index contributed by atoms with van der Waals surface area (Å²) in [6.45, 7) is 2.18. The van der Waals surface area contributed by atoms with Gasteiger partial charge in [0, 0.05) is 14.1 Å². The number of carbonyl (C=O) groups excluding carboxylic acids is 1. The van der Waals surface area contributed by atoms with Crippen LogP contribution in [0.15, 0.2) is 0 Å². The van der Waals surface area contributed by atoms with Crippen molar-refractivity contribution in [1.82, 2.24) is 10.2 Å². The fourth-order valence-electron chi connectivity index (χ4n) is 2.16. The van der Waals surface area contributed by atoms with Crippen LogP contribution in [-0.4, -0.2) is 30.6 Å². The van der Waals surface area contributed by atoms with Crippen molar-refractivity contribution in [1.29, 1.82) is 5.26 Å². The minimum absolute atomic E-state index is 0.170. The molecule has 0 aliphatic heterocycles. The molecule has 0 unspecified atom stereocenters. The molecule has 1 saturated carbocycles. The van der Waals surface area contributed by atoms with Gasteiger partial charge in [0.1, 0.15) is 5.54 Å². The molecule has 2 amide bonds. The number of urea groups is 1. The van der Waals surface area contributed by atoms with Crippen molar-refractivity contribution < 1.29 is 4.79 Å². The average Bonchev–Trinajstić information content (AvgIpc) is 2.29. The first-order valence-corrected chi connectivity index (χ1v) is 5.93. The Balaban J connectivity index is 2.60. The second kappa shape index (κ2) is 5.20. The highest BCUT2D eigenvalue weighted by molar-refractivity contribution is 5.75. The summed E-state index contributed by atoms with van der Waals surface area (Å²) in [6, 6.07) is 2.12. The van der Waals surface area contributed by atoms with E-state index in [1.807, 2.05) is 0 Å². The van der Waals surface area contributed by atoms with Gasteiger partial charge < -0.3 is 10.2 Å². The molecule has 4 heteroatoms. The molecule has 4 nitrogen and oxygen atoms in total. The molecule has 90 valence electrons. The van der Waals surface area contributed by atoms with Gasteiger partial charge in [0.2, 0.25) is 0 Å². The van der Waals surface area contributed by atoms with Crippen LogP contribution >= 0.6 is 0 Å². The number of hydrogen-bond donors (Lipinski definition) is 1. The van der Waals surface area contributed by atoms with Crippen LogP contribution in [-0.2, 0) is 0 Å². The maximum Gasteiger partial charge on any atom is 0.318 e. The van der Waals surface area contributed by atoms with E-state index in [0.717, 1.165) is 31.6 Å². The molecule has 0 spiro atoms. The number of nitrogens with one attached hydrogen (secondary N) is 1. The number of amides is 2. The molecule has 1 rings (SSSR count). The maximum atomic E-state index is 11.6. The number of hydrogen-bond acceptors (Lipinski definition) is 2. The Morgan fingerprint density at radius 3 is 2.44 bits per heavy atom. The summed E-state index contributed by atoms with van der Waals surface area (Å²) in [5.41, 5.74) is -0.632. The van der Waals surface area contributed by atoms with Crippen molar-refractivity contribution in [3.05, 3.63) is 0 Å². The summed E-state index contributed by atoms with van der Waals surface area (Å²) in [7, 11) is 3.39. The number of nitrogens with zero attached hydrogens (tertiary/aromatic N) is 2. The fourth-order valence-corrected chi connectivity index (χ4v) is 2.16. The molecule has 0 radical (unpaired) electrons. The van der Waals surface area contributed by atoms with Crippen LogP contribution in [0.1, 0.15) is 39.0 Å². The van der Waals surface area contributed by atoms with Gasteiger partial charge in [-0.05, 0) is 31.6 Å². The lowest BCUT2D eigenvalue weighted by atomic mass is 9.76. The largest absolute Gasteiger partial charge is 0.331 e. The molecule has 0 heterocycles. The Labute approximate surface area is 97.6 Å². The SMILES string of the molecule is CCC1CCC(C#N)(NC(=O)N(C)C)CC1. The van der Waals surface area contributed by atoms with Crippen LogP contribution in [0.25, 0.3) is 0 Å². The van der Waals surface area contributed by atoms with E-state index < -0.39 is 5.54 Å². The van der Waals surface area contributed by atoms with Gasteiger partial charge in [-0.15, -0.1) is 0 Å². The van der Waals surface area contributed by atoms with Gasteiger partial charge in [0.15, 0.2) is 0 Å². The molecule has 1 N–H and O–H groups in total. The Morgan fingerprint density at radius 2 is 2.06 bits per heavy atom. The highest BCUT2D eigenvalue weighted by Gasteiger charge is 2.36. The van der Waals surface area contributed by atoms with Crippen LogP contribution in [0.5, 0.6) is 0 Å². The lowest BCUT2D eigenvalue weighted by molar-refractivity contribution is 0.188. The second-order valence-electron chi connectivity index (χ2n) is 4.87. The van der Waals surface area contributed by atoms with Crippen LogP contribution in [0, 0.1) is 17.2 Å². The fraction of sp³-hybridized carbons (Fsp3) is 0.833. The van der Waals surface area contributed by atoms with Crippen molar-refractivity contribution in [2.75, 3.05) is 14.1 Å². The Morgan fingerprint density at radius 1 is 1.50 bits per heavy atom. The summed E-state index contributed by atoms with van der Waals surface area (Å²) < 4.78 is 0. The molecule has 0 aromatic carbocycles. The predicted molar refractivity (Wildman–Crippen MR) is 62.8 cm³/mol. The Kier molecular flexibility index (Phi) is 4.17. The van der Waals surface area contributed by atoms with Gasteiger partial charge in [0.25, 0.3) is 0 Å². The normalized spacial score (nSPS) is 29.2. The lowest BCUT2D eigenvalue weighted by Gasteiger charge is -2.35. The van der Waals surface area contributed by atoms with Crippen molar-refractivity contribution >= 4 is 6.03 Å². The van der Waals surface area contributed by atoms with E-state index in [4.69, 9.17) is 0 Å². The Hall–Kier alpha value is -1.24. The molecule has 1 fully saturated rings. The predicted octanol–water partition coefficient (Wildman–Crippen LogP) is 2.12. The molecule has 1 aliphatic rings. The van der Waals surface area contributed by atoms with Gasteiger partial charge in [-0.25, -0.2) is 4.79 Å². The third kappa shape index (κ3) is 2.88. The van der Waals surface area contributed by atoms with E-state index >= 15 is 0 Å². The highest BCUT2D eigenvalue weighted by atomic mass is 16.2. The molecule has 0 aromatic rings. The lowest BCUT2D eigenvalue weighted by Crippen LogP contribution is -2.52. The van der Waals surface area contributed by atoms with Crippen LogP contribution in [0.4, 0.5) is 4.79 Å². The van der Waals surface area contributed by atoms with Crippen molar-refractivity contribution in [3.63, 3.8) is 0 Å². The first kappa shape index (κ1) is 12.8. The third-order valence-electron chi connectivity index (χ3n) is 3.50.